The van der Waals surface area contributed by atoms with Gasteiger partial charge in [-0.3, -0.25) is 14.4 Å². The quantitative estimate of drug-likeness (QED) is 0.467. The van der Waals surface area contributed by atoms with Gasteiger partial charge in [0, 0.05) is 19.2 Å². The van der Waals surface area contributed by atoms with E-state index < -0.39 is 11.7 Å². The minimum atomic E-state index is -0.713. The molecule has 11 heteroatoms. The Balaban J connectivity index is 0.941. The van der Waals surface area contributed by atoms with Crippen molar-refractivity contribution in [2.75, 3.05) is 18.5 Å². The number of rotatable bonds is 6. The molecule has 6 fully saturated rings. The van der Waals surface area contributed by atoms with E-state index in [9.17, 15) is 18.8 Å². The molecule has 3 heterocycles. The number of amides is 3. The largest absolute Gasteiger partial charge is 0.482 e. The highest BCUT2D eigenvalue weighted by Gasteiger charge is 3.03. The number of carbonyl (C=O) groups excluding carboxylic acids is 3. The summed E-state index contributed by atoms with van der Waals surface area (Å²) in [7, 11) is 0. The molecule has 0 saturated heterocycles. The molecule has 1 aromatic carbocycles. The zero-order chi connectivity index (χ0) is 24.8. The van der Waals surface area contributed by atoms with Crippen molar-refractivity contribution >= 4 is 29.1 Å². The Morgan fingerprint density at radius 1 is 1.11 bits per heavy atom. The molecule has 6 saturated carbocycles. The highest BCUT2D eigenvalue weighted by atomic mass is 19.1. The molecule has 3 amide bonds. The molecule has 0 radical (unpaired) electrons. The lowest BCUT2D eigenvalue weighted by Crippen LogP contribution is -3.06. The van der Waals surface area contributed by atoms with Crippen LogP contribution in [-0.2, 0) is 11.3 Å². The number of hydrogen-bond acceptors (Lipinski definition) is 6. The number of anilines is 1. The fourth-order valence-corrected chi connectivity index (χ4v) is 9.08. The fraction of sp³-hybridized carbons (Fsp3) is 0.423. The maximum Gasteiger partial charge on any atom is 0.270 e. The highest BCUT2D eigenvalue weighted by Crippen LogP contribution is 3.05. The second-order valence-corrected chi connectivity index (χ2v) is 11.3. The summed E-state index contributed by atoms with van der Waals surface area (Å²) >= 11 is 0. The summed E-state index contributed by atoms with van der Waals surface area (Å²) in [5.41, 5.74) is 1.36. The number of hydrogen-bond donors (Lipinski definition) is 3. The molecule has 3 aromatic rings. The normalized spacial score (nSPS) is 35.8. The Bertz CT molecular complexity index is 1560. The van der Waals surface area contributed by atoms with Gasteiger partial charge in [-0.15, -0.1) is 0 Å². The second kappa shape index (κ2) is 6.27. The van der Waals surface area contributed by atoms with Crippen LogP contribution >= 0.6 is 0 Å². The summed E-state index contributed by atoms with van der Waals surface area (Å²) in [6.07, 6.45) is 0.989. The van der Waals surface area contributed by atoms with Crippen molar-refractivity contribution in [2.45, 2.75) is 6.54 Å². The molecule has 0 bridgehead atoms. The summed E-state index contributed by atoms with van der Waals surface area (Å²) in [5, 5.41) is 12.5. The van der Waals surface area contributed by atoms with Gasteiger partial charge >= 0.3 is 0 Å². The highest BCUT2D eigenvalue weighted by molar-refractivity contribution is 5.98. The average molecular weight is 500 g/mol. The van der Waals surface area contributed by atoms with Gasteiger partial charge < -0.3 is 20.7 Å². The number of carbonyl (C=O) groups is 3. The van der Waals surface area contributed by atoms with Crippen LogP contribution in [0.5, 0.6) is 5.75 Å². The van der Waals surface area contributed by atoms with Gasteiger partial charge in [-0.25, -0.2) is 13.9 Å². The van der Waals surface area contributed by atoms with E-state index in [0.29, 0.717) is 23.4 Å². The average Bonchev–Trinajstić information content (AvgIpc) is 3.30. The van der Waals surface area contributed by atoms with Gasteiger partial charge in [0.1, 0.15) is 17.1 Å². The van der Waals surface area contributed by atoms with Crippen LogP contribution in [-0.4, -0.2) is 45.5 Å². The third-order valence-corrected chi connectivity index (χ3v) is 10.3. The lowest BCUT2D eigenvalue weighted by Gasteiger charge is -3.08. The summed E-state index contributed by atoms with van der Waals surface area (Å²) in [6, 6.07) is 6.55. The molecular weight excluding hydrogens is 479 g/mol. The Morgan fingerprint density at radius 3 is 2.68 bits per heavy atom. The molecule has 0 unspecified atom stereocenters. The lowest BCUT2D eigenvalue weighted by molar-refractivity contribution is -0.612. The first-order valence-electron chi connectivity index (χ1n) is 12.6. The van der Waals surface area contributed by atoms with Crippen LogP contribution < -0.4 is 20.7 Å². The molecule has 37 heavy (non-hydrogen) atoms. The first-order valence-corrected chi connectivity index (χ1v) is 12.6. The van der Waals surface area contributed by atoms with Crippen LogP contribution in [0.1, 0.15) is 26.5 Å². The summed E-state index contributed by atoms with van der Waals surface area (Å²) in [4.78, 5) is 41.9. The van der Waals surface area contributed by atoms with E-state index in [-0.39, 0.29) is 42.0 Å². The SMILES string of the molecule is O=C1COc2ccc(CNC(=O)c3cc(C(=O)NCC45C6C7C8C6C4C8C75)n4ncc(F)c4n3)cc2N1. The van der Waals surface area contributed by atoms with Crippen molar-refractivity contribution < 1.29 is 23.5 Å². The Labute approximate surface area is 209 Å². The molecule has 7 aliphatic rings. The van der Waals surface area contributed by atoms with Crippen molar-refractivity contribution in [1.82, 2.24) is 25.2 Å². The van der Waals surface area contributed by atoms with Gasteiger partial charge in [-0.2, -0.15) is 5.10 Å². The number of nitrogens with one attached hydrogen (secondary N) is 3. The zero-order valence-electron chi connectivity index (χ0n) is 19.4. The third kappa shape index (κ3) is 2.14. The summed E-state index contributed by atoms with van der Waals surface area (Å²) in [6.45, 7) is 0.730. The Hall–Kier alpha value is -4.02. The van der Waals surface area contributed by atoms with Crippen LogP contribution in [0.4, 0.5) is 10.1 Å². The topological polar surface area (TPSA) is 127 Å². The van der Waals surface area contributed by atoms with E-state index in [1.54, 1.807) is 18.2 Å². The summed E-state index contributed by atoms with van der Waals surface area (Å²) in [5.74, 6) is 4.77. The van der Waals surface area contributed by atoms with Gasteiger partial charge in [-0.05, 0) is 64.5 Å². The minimum absolute atomic E-state index is 0.0386. The van der Waals surface area contributed by atoms with Crippen molar-refractivity contribution in [2.24, 2.45) is 46.8 Å². The second-order valence-electron chi connectivity index (χ2n) is 11.3. The van der Waals surface area contributed by atoms with Crippen LogP contribution in [0.15, 0.2) is 30.5 Å². The van der Waals surface area contributed by atoms with Crippen LogP contribution in [0.3, 0.4) is 0 Å². The standard InChI is InChI=1S/C26H21FN6O4/c27-10-6-30-33-13(25(36)29-8-26-20-17-16-18(20)22(26)19(16)21(17)26)4-12(32-23(10)33)24(35)28-5-9-1-2-14-11(3-9)31-15(34)7-37-14/h1-4,6,16-22H,5,7-8H2,(H,28,35)(H,29,36)(H,31,34). The molecule has 3 N–H and O–H groups in total. The predicted octanol–water partition coefficient (Wildman–Crippen LogP) is 1.23. The van der Waals surface area contributed by atoms with Gasteiger partial charge in [0.2, 0.25) is 0 Å². The van der Waals surface area contributed by atoms with Gasteiger partial charge in [0.05, 0.1) is 11.9 Å². The van der Waals surface area contributed by atoms with Crippen LogP contribution in [0.25, 0.3) is 5.65 Å². The molecular formula is C26H21FN6O4. The minimum Gasteiger partial charge on any atom is -0.482 e. The Morgan fingerprint density at radius 2 is 1.89 bits per heavy atom. The number of ether oxygens (including phenoxy) is 1. The number of benzene rings is 1. The maximum atomic E-state index is 14.4. The predicted molar refractivity (Wildman–Crippen MR) is 124 cm³/mol. The van der Waals surface area contributed by atoms with Gasteiger partial charge in [0.15, 0.2) is 18.1 Å². The van der Waals surface area contributed by atoms with E-state index in [1.807, 2.05) is 0 Å². The van der Waals surface area contributed by atoms with Gasteiger partial charge in [-0.1, -0.05) is 6.07 Å². The molecule has 10 nitrogen and oxygen atoms in total. The first-order chi connectivity index (χ1) is 18.0. The molecule has 10 rings (SSSR count). The number of aromatic nitrogens is 3. The molecule has 2 aromatic heterocycles. The van der Waals surface area contributed by atoms with E-state index >= 15 is 0 Å². The number of halogens is 1. The van der Waals surface area contributed by atoms with E-state index in [0.717, 1.165) is 57.7 Å². The maximum absolute atomic E-state index is 14.4. The molecule has 186 valence electrons. The van der Waals surface area contributed by atoms with Crippen LogP contribution in [0, 0.1) is 52.7 Å². The molecule has 0 spiro atoms. The lowest BCUT2D eigenvalue weighted by atomic mass is 8.96. The molecule has 6 aliphatic carbocycles. The molecule has 0 atom stereocenters. The first kappa shape index (κ1) is 20.1. The molecule has 1 aliphatic heterocycles. The van der Waals surface area contributed by atoms with E-state index in [4.69, 9.17) is 4.74 Å². The number of fused-ring (bicyclic) bond motifs is 2. The number of nitrogens with zero attached hydrogens (tertiary/aromatic N) is 3. The van der Waals surface area contributed by atoms with E-state index in [1.165, 1.54) is 6.07 Å². The zero-order valence-corrected chi connectivity index (χ0v) is 19.4. The third-order valence-electron chi connectivity index (χ3n) is 10.3. The fourth-order valence-electron chi connectivity index (χ4n) is 9.08. The summed E-state index contributed by atoms with van der Waals surface area (Å²) < 4.78 is 20.9. The van der Waals surface area contributed by atoms with Gasteiger partial charge in [0.25, 0.3) is 17.7 Å². The van der Waals surface area contributed by atoms with E-state index in [2.05, 4.69) is 26.0 Å². The van der Waals surface area contributed by atoms with Crippen molar-refractivity contribution in [3.8, 4) is 5.75 Å². The van der Waals surface area contributed by atoms with Crippen molar-refractivity contribution in [3.05, 3.63) is 53.2 Å². The smallest absolute Gasteiger partial charge is 0.270 e. The monoisotopic (exact) mass is 500 g/mol. The van der Waals surface area contributed by atoms with Crippen molar-refractivity contribution in [1.29, 1.82) is 0 Å². The Kier molecular flexibility index (Phi) is 3.40. The van der Waals surface area contributed by atoms with Crippen molar-refractivity contribution in [3.63, 3.8) is 0 Å². The van der Waals surface area contributed by atoms with Crippen LogP contribution in [0.2, 0.25) is 0 Å².